The van der Waals surface area contributed by atoms with E-state index < -0.39 is 11.4 Å². The first-order chi connectivity index (χ1) is 16.0. The molecule has 1 aromatic heterocycles. The van der Waals surface area contributed by atoms with Gasteiger partial charge in [-0.25, -0.2) is 4.90 Å². The van der Waals surface area contributed by atoms with Crippen molar-refractivity contribution < 1.29 is 13.2 Å². The third kappa shape index (κ3) is 5.73. The summed E-state index contributed by atoms with van der Waals surface area (Å²) in [5.74, 6) is 0.314. The smallest absolute Gasteiger partial charge is 0.361 e. The van der Waals surface area contributed by atoms with Gasteiger partial charge in [0.2, 0.25) is 0 Å². The Labute approximate surface area is 204 Å². The third-order valence-electron chi connectivity index (χ3n) is 6.16. The number of halogens is 3. The number of aromatic nitrogens is 1. The van der Waals surface area contributed by atoms with Gasteiger partial charge in [0.25, 0.3) is 0 Å². The van der Waals surface area contributed by atoms with Gasteiger partial charge in [-0.2, -0.15) is 0 Å². The molecule has 34 heavy (non-hydrogen) atoms. The maximum absolute atomic E-state index is 14.1. The zero-order valence-corrected chi connectivity index (χ0v) is 20.6. The highest BCUT2D eigenvalue weighted by molar-refractivity contribution is 7.80. The molecule has 2 heterocycles. The van der Waals surface area contributed by atoms with Crippen LogP contribution in [-0.2, 0) is 0 Å². The fourth-order valence-electron chi connectivity index (χ4n) is 4.76. The molecule has 182 valence electrons. The molecule has 0 atom stereocenters. The van der Waals surface area contributed by atoms with Crippen LogP contribution in [0.5, 0.6) is 0 Å². The van der Waals surface area contributed by atoms with E-state index in [2.05, 4.69) is 36.0 Å². The summed E-state index contributed by atoms with van der Waals surface area (Å²) < 4.78 is 42.3. The molecule has 3 aromatic rings. The SMILES string of the molecule is CC(C)(C)CN1CCC(c2c[nH]c3ccc(N(C(=S)Nc4ccccc4)C(F)(F)F)cc23)CC1. The van der Waals surface area contributed by atoms with Crippen molar-refractivity contribution in [1.82, 2.24) is 9.88 Å². The van der Waals surface area contributed by atoms with Gasteiger partial charge >= 0.3 is 6.30 Å². The van der Waals surface area contributed by atoms with E-state index in [1.54, 1.807) is 42.5 Å². The summed E-state index contributed by atoms with van der Waals surface area (Å²) in [5.41, 5.74) is 2.67. The number of nitrogens with one attached hydrogen (secondary N) is 2. The second-order valence-corrected chi connectivity index (χ2v) is 10.6. The summed E-state index contributed by atoms with van der Waals surface area (Å²) in [6.07, 6.45) is -0.729. The van der Waals surface area contributed by atoms with Crippen LogP contribution >= 0.6 is 12.2 Å². The van der Waals surface area contributed by atoms with Crippen LogP contribution in [0.2, 0.25) is 0 Å². The number of hydrogen-bond acceptors (Lipinski definition) is 2. The first-order valence-corrected chi connectivity index (χ1v) is 12.0. The quantitative estimate of drug-likeness (QED) is 0.303. The molecule has 0 spiro atoms. The Morgan fingerprint density at radius 1 is 1.09 bits per heavy atom. The molecule has 1 fully saturated rings. The van der Waals surface area contributed by atoms with Gasteiger partial charge in [-0.3, -0.25) is 0 Å². The number of hydrogen-bond donors (Lipinski definition) is 2. The summed E-state index contributed by atoms with van der Waals surface area (Å²) in [5, 5.41) is 3.13. The molecule has 0 radical (unpaired) electrons. The zero-order chi connectivity index (χ0) is 24.5. The van der Waals surface area contributed by atoms with Crippen molar-refractivity contribution >= 4 is 39.6 Å². The van der Waals surface area contributed by atoms with Crippen LogP contribution in [0.15, 0.2) is 54.7 Å². The maximum Gasteiger partial charge on any atom is 0.491 e. The van der Waals surface area contributed by atoms with Crippen molar-refractivity contribution in [3.8, 4) is 0 Å². The fraction of sp³-hybridized carbons (Fsp3) is 0.423. The lowest BCUT2D eigenvalue weighted by atomic mass is 9.87. The monoisotopic (exact) mass is 488 g/mol. The minimum atomic E-state index is -4.67. The van der Waals surface area contributed by atoms with E-state index in [1.165, 1.54) is 6.07 Å². The van der Waals surface area contributed by atoms with Crippen LogP contribution in [0.4, 0.5) is 24.5 Å². The zero-order valence-electron chi connectivity index (χ0n) is 19.7. The molecule has 1 saturated heterocycles. The molecule has 0 bridgehead atoms. The van der Waals surface area contributed by atoms with Crippen molar-refractivity contribution in [1.29, 1.82) is 0 Å². The van der Waals surface area contributed by atoms with Crippen molar-refractivity contribution in [3.63, 3.8) is 0 Å². The van der Waals surface area contributed by atoms with Crippen LogP contribution in [0.1, 0.15) is 45.1 Å². The lowest BCUT2D eigenvalue weighted by Crippen LogP contribution is -2.45. The van der Waals surface area contributed by atoms with Crippen LogP contribution in [-0.4, -0.2) is 40.9 Å². The van der Waals surface area contributed by atoms with Gasteiger partial charge in [-0.1, -0.05) is 39.0 Å². The average molecular weight is 489 g/mol. The van der Waals surface area contributed by atoms with Crippen LogP contribution in [0.25, 0.3) is 10.9 Å². The molecule has 0 aliphatic carbocycles. The number of anilines is 2. The highest BCUT2D eigenvalue weighted by Gasteiger charge is 2.41. The first kappa shape index (κ1) is 24.5. The van der Waals surface area contributed by atoms with E-state index >= 15 is 0 Å². The van der Waals surface area contributed by atoms with Crippen LogP contribution in [0, 0.1) is 5.41 Å². The maximum atomic E-state index is 14.1. The van der Waals surface area contributed by atoms with E-state index in [9.17, 15) is 13.2 Å². The minimum absolute atomic E-state index is 0.000510. The summed E-state index contributed by atoms with van der Waals surface area (Å²) >= 11 is 5.19. The number of piperidine rings is 1. The number of H-pyrrole nitrogens is 1. The average Bonchev–Trinajstić information content (AvgIpc) is 3.16. The number of rotatable bonds is 4. The molecule has 2 N–H and O–H groups in total. The molecule has 1 aliphatic rings. The highest BCUT2D eigenvalue weighted by atomic mass is 32.1. The second-order valence-electron chi connectivity index (χ2n) is 10.2. The topological polar surface area (TPSA) is 34.3 Å². The van der Waals surface area contributed by atoms with Gasteiger partial charge < -0.3 is 15.2 Å². The number of benzene rings is 2. The Morgan fingerprint density at radius 2 is 1.76 bits per heavy atom. The Bertz CT molecular complexity index is 1130. The largest absolute Gasteiger partial charge is 0.491 e. The number of aromatic amines is 1. The van der Waals surface area contributed by atoms with E-state index in [4.69, 9.17) is 12.2 Å². The molecular formula is C26H31F3N4S. The Morgan fingerprint density at radius 3 is 2.38 bits per heavy atom. The number of para-hydroxylation sites is 1. The molecule has 4 rings (SSSR count). The molecular weight excluding hydrogens is 457 g/mol. The number of alkyl halides is 3. The fourth-order valence-corrected chi connectivity index (χ4v) is 5.09. The minimum Gasteiger partial charge on any atom is -0.361 e. The lowest BCUT2D eigenvalue weighted by Gasteiger charge is -2.36. The van der Waals surface area contributed by atoms with Gasteiger partial charge in [-0.05, 0) is 85.4 Å². The summed E-state index contributed by atoms with van der Waals surface area (Å²) in [7, 11) is 0. The Balaban J connectivity index is 1.58. The standard InChI is InChI=1S/C26H31F3N4S/c1-25(2,3)17-32-13-11-18(12-14-32)22-16-30-23-10-9-20(15-21(22)23)33(26(27,28)29)24(34)31-19-7-5-4-6-8-19/h4-10,15-16,18,30H,11-14,17H2,1-3H3,(H,31,34). The molecule has 0 amide bonds. The Kier molecular flexibility index (Phi) is 6.92. The van der Waals surface area contributed by atoms with Gasteiger partial charge in [0.05, 0.1) is 5.69 Å². The number of fused-ring (bicyclic) bond motifs is 1. The summed E-state index contributed by atoms with van der Waals surface area (Å²) in [6, 6.07) is 13.4. The van der Waals surface area contributed by atoms with Crippen molar-refractivity contribution in [2.75, 3.05) is 29.9 Å². The highest BCUT2D eigenvalue weighted by Crippen LogP contribution is 2.37. The van der Waals surface area contributed by atoms with Gasteiger partial charge in [-0.15, -0.1) is 13.2 Å². The molecule has 0 saturated carbocycles. The summed E-state index contributed by atoms with van der Waals surface area (Å²) in [4.78, 5) is 5.96. The number of thiocarbonyl (C=S) groups is 1. The van der Waals surface area contributed by atoms with Crippen molar-refractivity contribution in [3.05, 3.63) is 60.3 Å². The van der Waals surface area contributed by atoms with Gasteiger partial charge in [0.15, 0.2) is 5.11 Å². The van der Waals surface area contributed by atoms with E-state index in [-0.39, 0.29) is 16.0 Å². The number of nitrogens with zero attached hydrogens (tertiary/aromatic N) is 2. The molecule has 0 unspecified atom stereocenters. The molecule has 4 nitrogen and oxygen atoms in total. The van der Waals surface area contributed by atoms with E-state index in [1.807, 2.05) is 6.20 Å². The normalized spacial score (nSPS) is 16.1. The Hall–Kier alpha value is -2.58. The molecule has 8 heteroatoms. The van der Waals surface area contributed by atoms with E-state index in [0.717, 1.165) is 48.9 Å². The predicted octanol–water partition coefficient (Wildman–Crippen LogP) is 7.12. The van der Waals surface area contributed by atoms with Crippen LogP contribution < -0.4 is 10.2 Å². The van der Waals surface area contributed by atoms with Crippen molar-refractivity contribution in [2.45, 2.75) is 45.8 Å². The molecule has 1 aliphatic heterocycles. The third-order valence-corrected chi connectivity index (χ3v) is 6.45. The van der Waals surface area contributed by atoms with Crippen LogP contribution in [0.3, 0.4) is 0 Å². The second kappa shape index (κ2) is 9.58. The van der Waals surface area contributed by atoms with Crippen molar-refractivity contribution in [2.24, 2.45) is 5.41 Å². The summed E-state index contributed by atoms with van der Waals surface area (Å²) in [6.45, 7) is 9.75. The predicted molar refractivity (Wildman–Crippen MR) is 137 cm³/mol. The van der Waals surface area contributed by atoms with Gasteiger partial charge in [0, 0.05) is 29.3 Å². The van der Waals surface area contributed by atoms with Gasteiger partial charge in [0.1, 0.15) is 0 Å². The lowest BCUT2D eigenvalue weighted by molar-refractivity contribution is -0.118. The number of likely N-dealkylation sites (tertiary alicyclic amines) is 1. The molecule has 2 aromatic carbocycles. The van der Waals surface area contributed by atoms with E-state index in [0.29, 0.717) is 11.6 Å². The first-order valence-electron chi connectivity index (χ1n) is 11.6.